The summed E-state index contributed by atoms with van der Waals surface area (Å²) < 4.78 is 5.08. The molecule has 1 aliphatic heterocycles. The van der Waals surface area contributed by atoms with E-state index in [1.165, 1.54) is 0 Å². The van der Waals surface area contributed by atoms with Crippen molar-refractivity contribution in [1.82, 2.24) is 0 Å². The lowest BCUT2D eigenvalue weighted by molar-refractivity contribution is -0.118. The zero-order chi connectivity index (χ0) is 24.1. The van der Waals surface area contributed by atoms with Crippen LogP contribution in [0.1, 0.15) is 40.4 Å². The van der Waals surface area contributed by atoms with Crippen molar-refractivity contribution in [3.8, 4) is 0 Å². The summed E-state index contributed by atoms with van der Waals surface area (Å²) in [5, 5.41) is 6.26. The van der Waals surface area contributed by atoms with Gasteiger partial charge in [-0.2, -0.15) is 0 Å². The standard InChI is InChI=1S/C27H25N3O4/c1-2-34-27(33)19-11-14-21-22(16-19)30-26(32)24(21)25(18-6-4-3-5-7-18)29-20-12-8-17(9-13-20)10-15-23(28)31/h3-9,11-14,16,29H,2,10,15H2,1H3,(H2,28,31)(H,30,32). The van der Waals surface area contributed by atoms with Crippen LogP contribution in [0.25, 0.3) is 11.3 Å². The first-order valence-corrected chi connectivity index (χ1v) is 11.0. The molecule has 4 rings (SSSR count). The van der Waals surface area contributed by atoms with Crippen LogP contribution >= 0.6 is 0 Å². The van der Waals surface area contributed by atoms with Gasteiger partial charge < -0.3 is 21.1 Å². The number of fused-ring (bicyclic) bond motifs is 1. The van der Waals surface area contributed by atoms with Crippen molar-refractivity contribution in [2.24, 2.45) is 5.73 Å². The van der Waals surface area contributed by atoms with Crippen molar-refractivity contribution in [1.29, 1.82) is 0 Å². The number of rotatable bonds is 8. The third kappa shape index (κ3) is 4.99. The second kappa shape index (κ2) is 10.0. The maximum absolute atomic E-state index is 13.1. The molecule has 3 aromatic carbocycles. The molecule has 4 N–H and O–H groups in total. The van der Waals surface area contributed by atoms with E-state index in [-0.39, 0.29) is 24.8 Å². The zero-order valence-corrected chi connectivity index (χ0v) is 18.8. The molecule has 0 aliphatic carbocycles. The number of amides is 2. The minimum absolute atomic E-state index is 0.263. The lowest BCUT2D eigenvalue weighted by Gasteiger charge is -2.15. The van der Waals surface area contributed by atoms with Crippen LogP contribution in [0.5, 0.6) is 0 Å². The summed E-state index contributed by atoms with van der Waals surface area (Å²) in [6.07, 6.45) is 0.859. The Hall–Kier alpha value is -4.39. The van der Waals surface area contributed by atoms with E-state index >= 15 is 0 Å². The van der Waals surface area contributed by atoms with Crippen molar-refractivity contribution in [3.63, 3.8) is 0 Å². The molecule has 0 atom stereocenters. The summed E-state index contributed by atoms with van der Waals surface area (Å²) in [4.78, 5) is 36.3. The Morgan fingerprint density at radius 3 is 2.38 bits per heavy atom. The molecule has 1 aliphatic rings. The van der Waals surface area contributed by atoms with Gasteiger partial charge >= 0.3 is 5.97 Å². The maximum Gasteiger partial charge on any atom is 0.338 e. The smallest absolute Gasteiger partial charge is 0.338 e. The van der Waals surface area contributed by atoms with Gasteiger partial charge in [0.25, 0.3) is 5.91 Å². The van der Waals surface area contributed by atoms with Gasteiger partial charge in [0, 0.05) is 17.7 Å². The Labute approximate surface area is 197 Å². The van der Waals surface area contributed by atoms with Gasteiger partial charge in [0.15, 0.2) is 0 Å². The highest BCUT2D eigenvalue weighted by atomic mass is 16.5. The number of carbonyl (C=O) groups is 3. The van der Waals surface area contributed by atoms with E-state index in [1.54, 1.807) is 25.1 Å². The van der Waals surface area contributed by atoms with Gasteiger partial charge in [0.05, 0.1) is 29.1 Å². The van der Waals surface area contributed by atoms with Crippen LogP contribution < -0.4 is 16.4 Å². The molecule has 172 valence electrons. The minimum atomic E-state index is -0.435. The summed E-state index contributed by atoms with van der Waals surface area (Å²) in [7, 11) is 0. The molecular weight excluding hydrogens is 430 g/mol. The summed E-state index contributed by atoms with van der Waals surface area (Å²) in [5.74, 6) is -1.04. The van der Waals surface area contributed by atoms with E-state index in [0.29, 0.717) is 34.5 Å². The van der Waals surface area contributed by atoms with E-state index in [2.05, 4.69) is 10.6 Å². The zero-order valence-electron chi connectivity index (χ0n) is 18.8. The number of esters is 1. The number of benzene rings is 3. The normalized spacial score (nSPS) is 13.6. The lowest BCUT2D eigenvalue weighted by Crippen LogP contribution is -2.11. The fourth-order valence-electron chi connectivity index (χ4n) is 3.81. The fourth-order valence-corrected chi connectivity index (χ4v) is 3.81. The van der Waals surface area contributed by atoms with E-state index < -0.39 is 5.97 Å². The van der Waals surface area contributed by atoms with Gasteiger partial charge in [0.1, 0.15) is 0 Å². The molecule has 7 heteroatoms. The molecule has 1 heterocycles. The third-order valence-corrected chi connectivity index (χ3v) is 5.47. The van der Waals surface area contributed by atoms with Gasteiger partial charge in [-0.15, -0.1) is 0 Å². The SMILES string of the molecule is CCOC(=O)c1ccc2c(c1)NC(=O)C2=C(Nc1ccc(CCC(N)=O)cc1)c1ccccc1. The summed E-state index contributed by atoms with van der Waals surface area (Å²) in [5.41, 5.74) is 10.6. The average Bonchev–Trinajstić information content (AvgIpc) is 3.17. The molecule has 3 aromatic rings. The number of nitrogens with two attached hydrogens (primary N) is 1. The van der Waals surface area contributed by atoms with E-state index in [0.717, 1.165) is 16.8 Å². The van der Waals surface area contributed by atoms with Crippen LogP contribution in [0.2, 0.25) is 0 Å². The molecule has 0 spiro atoms. The van der Waals surface area contributed by atoms with Gasteiger partial charge in [-0.1, -0.05) is 48.5 Å². The Morgan fingerprint density at radius 1 is 0.971 bits per heavy atom. The number of anilines is 2. The van der Waals surface area contributed by atoms with Crippen LogP contribution in [0.4, 0.5) is 11.4 Å². The van der Waals surface area contributed by atoms with Crippen molar-refractivity contribution >= 4 is 40.4 Å². The van der Waals surface area contributed by atoms with Gasteiger partial charge in [-0.3, -0.25) is 9.59 Å². The van der Waals surface area contributed by atoms with Gasteiger partial charge in [0.2, 0.25) is 5.91 Å². The van der Waals surface area contributed by atoms with Crippen molar-refractivity contribution < 1.29 is 19.1 Å². The summed E-state index contributed by atoms with van der Waals surface area (Å²) in [6, 6.07) is 22.3. The van der Waals surface area contributed by atoms with Gasteiger partial charge in [-0.05, 0) is 48.7 Å². The Kier molecular flexibility index (Phi) is 6.73. The summed E-state index contributed by atoms with van der Waals surface area (Å²) >= 11 is 0. The quantitative estimate of drug-likeness (QED) is 0.348. The molecule has 2 amide bonds. The van der Waals surface area contributed by atoms with Crippen molar-refractivity contribution in [3.05, 3.63) is 95.1 Å². The Balaban J connectivity index is 1.72. The van der Waals surface area contributed by atoms with Gasteiger partial charge in [-0.25, -0.2) is 4.79 Å². The number of hydrogen-bond donors (Lipinski definition) is 3. The number of nitrogens with one attached hydrogen (secondary N) is 2. The highest BCUT2D eigenvalue weighted by molar-refractivity contribution is 6.37. The molecule has 7 nitrogen and oxygen atoms in total. The highest BCUT2D eigenvalue weighted by Gasteiger charge is 2.29. The van der Waals surface area contributed by atoms with E-state index in [9.17, 15) is 14.4 Å². The molecule has 0 fully saturated rings. The average molecular weight is 456 g/mol. The highest BCUT2D eigenvalue weighted by Crippen LogP contribution is 2.38. The number of ether oxygens (including phenoxy) is 1. The first kappa shape index (κ1) is 22.8. The van der Waals surface area contributed by atoms with Crippen LogP contribution in [0.3, 0.4) is 0 Å². The number of carbonyl (C=O) groups excluding carboxylic acids is 3. The molecule has 34 heavy (non-hydrogen) atoms. The fraction of sp³-hybridized carbons (Fsp3) is 0.148. The topological polar surface area (TPSA) is 111 Å². The minimum Gasteiger partial charge on any atom is -0.462 e. The van der Waals surface area contributed by atoms with Crippen LogP contribution in [-0.2, 0) is 20.7 Å². The van der Waals surface area contributed by atoms with Crippen LogP contribution in [0, 0.1) is 0 Å². The molecular formula is C27H25N3O4. The molecule has 0 aromatic heterocycles. The largest absolute Gasteiger partial charge is 0.462 e. The van der Waals surface area contributed by atoms with E-state index in [4.69, 9.17) is 10.5 Å². The molecule has 0 unspecified atom stereocenters. The summed E-state index contributed by atoms with van der Waals surface area (Å²) in [6.45, 7) is 2.02. The second-order valence-electron chi connectivity index (χ2n) is 7.84. The number of primary amides is 1. The third-order valence-electron chi connectivity index (χ3n) is 5.47. The maximum atomic E-state index is 13.1. The monoisotopic (exact) mass is 455 g/mol. The van der Waals surface area contributed by atoms with Crippen molar-refractivity contribution in [2.75, 3.05) is 17.2 Å². The lowest BCUT2D eigenvalue weighted by atomic mass is 9.99. The molecule has 0 bridgehead atoms. The first-order valence-electron chi connectivity index (χ1n) is 11.0. The van der Waals surface area contributed by atoms with Crippen LogP contribution in [0.15, 0.2) is 72.8 Å². The predicted octanol–water partition coefficient (Wildman–Crippen LogP) is 4.21. The van der Waals surface area contributed by atoms with E-state index in [1.807, 2.05) is 54.6 Å². The molecule has 0 radical (unpaired) electrons. The van der Waals surface area contributed by atoms with Crippen molar-refractivity contribution in [2.45, 2.75) is 19.8 Å². The second-order valence-corrected chi connectivity index (χ2v) is 7.84. The van der Waals surface area contributed by atoms with Crippen LogP contribution in [-0.4, -0.2) is 24.4 Å². The first-order chi connectivity index (χ1) is 16.5. The predicted molar refractivity (Wildman–Crippen MR) is 132 cm³/mol. The number of hydrogen-bond acceptors (Lipinski definition) is 5. The molecule has 0 saturated carbocycles. The Bertz CT molecular complexity index is 1260. The number of aryl methyl sites for hydroxylation is 1. The Morgan fingerprint density at radius 2 is 1.71 bits per heavy atom. The molecule has 0 saturated heterocycles.